The lowest BCUT2D eigenvalue weighted by Crippen LogP contribution is -2.35. The Labute approximate surface area is 253 Å². The first-order valence-corrected chi connectivity index (χ1v) is 14.0. The van der Waals surface area contributed by atoms with Crippen molar-refractivity contribution >= 4 is 44.9 Å². The zero-order valence-electron chi connectivity index (χ0n) is 24.9. The van der Waals surface area contributed by atoms with Gasteiger partial charge in [-0.3, -0.25) is 19.4 Å². The number of hydrogen-bond donors (Lipinski definition) is 2. The normalized spacial score (nSPS) is 17.5. The van der Waals surface area contributed by atoms with Crippen LogP contribution >= 0.6 is 15.9 Å². The second kappa shape index (κ2) is 15.3. The summed E-state index contributed by atoms with van der Waals surface area (Å²) in [5.74, 6) is -1.46. The van der Waals surface area contributed by atoms with Gasteiger partial charge in [0.2, 0.25) is 12.3 Å². The first kappa shape index (κ1) is 36.8. The fraction of sp³-hybridized carbons (Fsp3) is 0.552. The minimum Gasteiger partial charge on any atom is -0.372 e. The standard InChI is InChI=1S/C15H29NO2.C12H8BrN3O.C2H2F3NO/c1-11-9-16(10-15(11,6)7)13(17)8-12(2)18-14(3,4)5;13-10-3-1-2-8-5-15-6-9(12(8)10)11(4-14)16-7-17;3-2(4,5)1(6)7/h11-12H,8-10H2,1-7H3;1-3,5-7,11H,(H,16,17);(H2,6,7)/t11?,12-;;/m1../s1. The molecule has 2 unspecified atom stereocenters. The number of hydrogen-bond acceptors (Lipinski definition) is 6. The second-order valence-corrected chi connectivity index (χ2v) is 12.5. The number of fused-ring (bicyclic) bond motifs is 1. The molecular formula is C29H39BrF3N5O4. The van der Waals surface area contributed by atoms with Gasteiger partial charge >= 0.3 is 12.1 Å². The molecule has 0 saturated carbocycles. The molecular weight excluding hydrogens is 619 g/mol. The van der Waals surface area contributed by atoms with E-state index >= 15 is 0 Å². The highest BCUT2D eigenvalue weighted by Crippen LogP contribution is 2.35. The molecule has 13 heteroatoms. The monoisotopic (exact) mass is 657 g/mol. The molecule has 9 nitrogen and oxygen atoms in total. The lowest BCUT2D eigenvalue weighted by atomic mass is 9.84. The van der Waals surface area contributed by atoms with Crippen LogP contribution in [-0.2, 0) is 19.1 Å². The summed E-state index contributed by atoms with van der Waals surface area (Å²) in [7, 11) is 0. The molecule has 2 heterocycles. The van der Waals surface area contributed by atoms with Gasteiger partial charge in [-0.05, 0) is 45.1 Å². The van der Waals surface area contributed by atoms with Crippen LogP contribution in [0.2, 0.25) is 0 Å². The van der Waals surface area contributed by atoms with Crippen LogP contribution in [0, 0.1) is 22.7 Å². The molecule has 1 fully saturated rings. The van der Waals surface area contributed by atoms with E-state index in [0.717, 1.165) is 28.3 Å². The molecule has 1 aliphatic rings. The van der Waals surface area contributed by atoms with Gasteiger partial charge in [-0.25, -0.2) is 0 Å². The number of aromatic nitrogens is 1. The van der Waals surface area contributed by atoms with E-state index in [1.54, 1.807) is 12.4 Å². The van der Waals surface area contributed by atoms with Gasteiger partial charge in [0, 0.05) is 46.3 Å². The van der Waals surface area contributed by atoms with Crippen molar-refractivity contribution in [3.8, 4) is 6.07 Å². The number of alkyl halides is 3. The Morgan fingerprint density at radius 1 is 1.31 bits per heavy atom. The van der Waals surface area contributed by atoms with Gasteiger partial charge in [-0.2, -0.15) is 18.4 Å². The molecule has 1 aromatic carbocycles. The SMILES string of the molecule is CC1CN(C(=O)C[C@@H](C)OC(C)(C)C)CC1(C)C.N#CC(NC=O)c1cncc2cccc(Br)c12.NC(=O)C(F)(F)F. The summed E-state index contributed by atoms with van der Waals surface area (Å²) in [6, 6.07) is 7.04. The number of likely N-dealkylation sites (tertiary alicyclic amines) is 1. The van der Waals surface area contributed by atoms with E-state index in [1.807, 2.05) is 56.9 Å². The number of ether oxygens (including phenoxy) is 1. The fourth-order valence-electron chi connectivity index (χ4n) is 4.20. The van der Waals surface area contributed by atoms with Gasteiger partial charge < -0.3 is 20.7 Å². The summed E-state index contributed by atoms with van der Waals surface area (Å²) in [4.78, 5) is 37.9. The Morgan fingerprint density at radius 3 is 2.36 bits per heavy atom. The number of carbonyl (C=O) groups excluding carboxylic acids is 3. The fourth-order valence-corrected chi connectivity index (χ4v) is 4.81. The average Bonchev–Trinajstić information content (AvgIpc) is 3.13. The zero-order chi connectivity index (χ0) is 32.5. The Bertz CT molecular complexity index is 1270. The van der Waals surface area contributed by atoms with E-state index < -0.39 is 18.1 Å². The number of rotatable bonds is 6. The zero-order valence-corrected chi connectivity index (χ0v) is 26.5. The highest BCUT2D eigenvalue weighted by Gasteiger charge is 2.38. The predicted molar refractivity (Wildman–Crippen MR) is 157 cm³/mol. The number of pyridine rings is 1. The lowest BCUT2D eigenvalue weighted by molar-refractivity contribution is -0.169. The van der Waals surface area contributed by atoms with E-state index in [9.17, 15) is 22.8 Å². The average molecular weight is 659 g/mol. The number of nitrogens with one attached hydrogen (secondary N) is 1. The molecule has 1 saturated heterocycles. The topological polar surface area (TPSA) is 138 Å². The van der Waals surface area contributed by atoms with Crippen LogP contribution in [0.4, 0.5) is 13.2 Å². The molecule has 0 spiro atoms. The van der Waals surface area contributed by atoms with Crippen LogP contribution in [0.25, 0.3) is 10.8 Å². The van der Waals surface area contributed by atoms with Crippen molar-refractivity contribution in [2.75, 3.05) is 13.1 Å². The van der Waals surface area contributed by atoms with Crippen LogP contribution in [0.3, 0.4) is 0 Å². The summed E-state index contributed by atoms with van der Waals surface area (Å²) in [6.07, 6.45) is -0.559. The van der Waals surface area contributed by atoms with E-state index in [4.69, 9.17) is 14.8 Å². The third-order valence-corrected chi connectivity index (χ3v) is 7.17. The Kier molecular flexibility index (Phi) is 13.4. The second-order valence-electron chi connectivity index (χ2n) is 11.7. The van der Waals surface area contributed by atoms with Crippen LogP contribution in [0.15, 0.2) is 35.1 Å². The number of nitrogens with zero attached hydrogens (tertiary/aromatic N) is 3. The Balaban J connectivity index is 0.000000345. The van der Waals surface area contributed by atoms with Crippen LogP contribution in [-0.4, -0.2) is 59.1 Å². The smallest absolute Gasteiger partial charge is 0.372 e. The maximum absolute atomic E-state index is 12.2. The lowest BCUT2D eigenvalue weighted by Gasteiger charge is -2.26. The molecule has 0 radical (unpaired) electrons. The van der Waals surface area contributed by atoms with Gasteiger partial charge in [0.1, 0.15) is 6.04 Å². The van der Waals surface area contributed by atoms with Crippen molar-refractivity contribution in [1.82, 2.24) is 15.2 Å². The quantitative estimate of drug-likeness (QED) is 0.398. The largest absolute Gasteiger partial charge is 0.470 e. The number of nitrogens with two attached hydrogens (primary N) is 1. The van der Waals surface area contributed by atoms with Crippen molar-refractivity contribution in [2.24, 2.45) is 17.1 Å². The summed E-state index contributed by atoms with van der Waals surface area (Å²) in [5, 5.41) is 13.3. The minimum absolute atomic E-state index is 0.0171. The van der Waals surface area contributed by atoms with Crippen molar-refractivity contribution in [3.63, 3.8) is 0 Å². The van der Waals surface area contributed by atoms with E-state index in [1.165, 1.54) is 0 Å². The minimum atomic E-state index is -4.86. The molecule has 1 aliphatic heterocycles. The maximum atomic E-state index is 12.2. The third-order valence-electron chi connectivity index (χ3n) is 6.51. The Hall–Kier alpha value is -3.24. The summed E-state index contributed by atoms with van der Waals surface area (Å²) in [5.41, 5.74) is 4.55. The number of benzene rings is 1. The van der Waals surface area contributed by atoms with Crippen molar-refractivity contribution in [2.45, 2.75) is 78.8 Å². The highest BCUT2D eigenvalue weighted by molar-refractivity contribution is 9.10. The van der Waals surface area contributed by atoms with Crippen molar-refractivity contribution in [1.29, 1.82) is 5.26 Å². The molecule has 232 valence electrons. The molecule has 0 bridgehead atoms. The van der Waals surface area contributed by atoms with E-state index in [0.29, 0.717) is 24.3 Å². The summed E-state index contributed by atoms with van der Waals surface area (Å²) in [6.45, 7) is 16.5. The summed E-state index contributed by atoms with van der Waals surface area (Å²) < 4.78 is 38.8. The van der Waals surface area contributed by atoms with Crippen molar-refractivity contribution < 1.29 is 32.3 Å². The van der Waals surface area contributed by atoms with Gasteiger partial charge in [-0.1, -0.05) is 48.8 Å². The highest BCUT2D eigenvalue weighted by atomic mass is 79.9. The Morgan fingerprint density at radius 2 is 1.90 bits per heavy atom. The maximum Gasteiger partial charge on any atom is 0.470 e. The number of primary amides is 1. The van der Waals surface area contributed by atoms with E-state index in [-0.39, 0.29) is 23.0 Å². The third kappa shape index (κ3) is 11.6. The van der Waals surface area contributed by atoms with Crippen molar-refractivity contribution in [3.05, 3.63) is 40.6 Å². The molecule has 2 aromatic rings. The van der Waals surface area contributed by atoms with Crippen LogP contribution < -0.4 is 11.1 Å². The number of nitriles is 1. The molecule has 3 N–H and O–H groups in total. The first-order valence-electron chi connectivity index (χ1n) is 13.2. The molecule has 3 amide bonds. The van der Waals surface area contributed by atoms with Crippen LogP contribution in [0.5, 0.6) is 0 Å². The molecule has 1 aromatic heterocycles. The van der Waals surface area contributed by atoms with Gasteiger partial charge in [0.15, 0.2) is 0 Å². The number of amides is 3. The number of halogens is 4. The molecule has 0 aliphatic carbocycles. The predicted octanol–water partition coefficient (Wildman–Crippen LogP) is 5.43. The molecule has 3 atom stereocenters. The van der Waals surface area contributed by atoms with Crippen LogP contribution in [0.1, 0.15) is 66.5 Å². The van der Waals surface area contributed by atoms with Gasteiger partial charge in [-0.15, -0.1) is 0 Å². The molecule has 3 rings (SSSR count). The number of carbonyl (C=O) groups is 3. The first-order chi connectivity index (χ1) is 19.2. The van der Waals surface area contributed by atoms with Gasteiger partial charge in [0.05, 0.1) is 24.2 Å². The summed E-state index contributed by atoms with van der Waals surface area (Å²) >= 11 is 3.44. The van der Waals surface area contributed by atoms with E-state index in [2.05, 4.69) is 52.7 Å². The van der Waals surface area contributed by atoms with Gasteiger partial charge in [0.25, 0.3) is 0 Å². The molecule has 42 heavy (non-hydrogen) atoms.